The van der Waals surface area contributed by atoms with Gasteiger partial charge in [0, 0.05) is 11.4 Å². The van der Waals surface area contributed by atoms with Gasteiger partial charge in [0.1, 0.15) is 0 Å². The largest absolute Gasteiger partial charge is 0.478 e. The Morgan fingerprint density at radius 2 is 1.27 bits per heavy atom. The molecule has 2 aromatic carbocycles. The molecule has 2 rings (SSSR count). The van der Waals surface area contributed by atoms with Crippen LogP contribution in [-0.4, -0.2) is 22.2 Å². The molecule has 3 N–H and O–H groups in total. The number of hydrogen-bond acceptors (Lipinski definition) is 3. The van der Waals surface area contributed by atoms with Crippen molar-refractivity contribution in [1.29, 1.82) is 0 Å². The van der Waals surface area contributed by atoms with E-state index >= 15 is 0 Å². The maximum Gasteiger partial charge on any atom is 0.336 e. The maximum atomic E-state index is 10.6. The molecule has 0 heterocycles. The van der Waals surface area contributed by atoms with Crippen LogP contribution < -0.4 is 5.32 Å². The number of allylic oxidation sites excluding steroid dienone is 2. The van der Waals surface area contributed by atoms with Crippen molar-refractivity contribution in [1.82, 2.24) is 0 Å². The molecule has 0 bridgehead atoms. The second kappa shape index (κ2) is 11.3. The Morgan fingerprint density at radius 1 is 0.846 bits per heavy atom. The van der Waals surface area contributed by atoms with Gasteiger partial charge in [0.2, 0.25) is 0 Å². The molecule has 0 aliphatic rings. The lowest BCUT2D eigenvalue weighted by atomic mass is 10.1. The third-order valence-corrected chi connectivity index (χ3v) is 3.28. The first-order valence-electron chi connectivity index (χ1n) is 8.20. The van der Waals surface area contributed by atoms with Gasteiger partial charge in [-0.2, -0.15) is 0 Å². The van der Waals surface area contributed by atoms with Gasteiger partial charge in [-0.15, -0.1) is 0 Å². The number of anilines is 2. The summed E-state index contributed by atoms with van der Waals surface area (Å²) in [5.41, 5.74) is 1.91. The van der Waals surface area contributed by atoms with Crippen molar-refractivity contribution in [2.75, 3.05) is 5.32 Å². The molecule has 0 fully saturated rings. The molecule has 0 atom stereocenters. The van der Waals surface area contributed by atoms with Crippen LogP contribution in [0, 0.1) is 0 Å². The Bertz CT molecular complexity index is 728. The fourth-order valence-electron chi connectivity index (χ4n) is 2.12. The molecule has 5 heteroatoms. The molecular formula is C21H23NO4. The smallest absolute Gasteiger partial charge is 0.336 e. The zero-order chi connectivity index (χ0) is 19.4. The third-order valence-electron chi connectivity index (χ3n) is 3.28. The van der Waals surface area contributed by atoms with E-state index < -0.39 is 11.9 Å². The zero-order valence-corrected chi connectivity index (χ0v) is 14.8. The van der Waals surface area contributed by atoms with Gasteiger partial charge in [0.15, 0.2) is 0 Å². The van der Waals surface area contributed by atoms with Gasteiger partial charge in [0.05, 0.1) is 11.1 Å². The summed E-state index contributed by atoms with van der Waals surface area (Å²) >= 11 is 0. The molecule has 136 valence electrons. The predicted molar refractivity (Wildman–Crippen MR) is 104 cm³/mol. The number of benzene rings is 2. The summed E-state index contributed by atoms with van der Waals surface area (Å²) in [7, 11) is 0. The first-order chi connectivity index (χ1) is 12.5. The maximum absolute atomic E-state index is 10.6. The van der Waals surface area contributed by atoms with Crippen LogP contribution in [0.3, 0.4) is 0 Å². The van der Waals surface area contributed by atoms with Gasteiger partial charge in [-0.3, -0.25) is 0 Å². The van der Waals surface area contributed by atoms with Gasteiger partial charge >= 0.3 is 11.9 Å². The molecule has 0 spiro atoms. The number of rotatable bonds is 6. The monoisotopic (exact) mass is 353 g/mol. The van der Waals surface area contributed by atoms with Gasteiger partial charge in [-0.1, -0.05) is 55.5 Å². The van der Waals surface area contributed by atoms with Gasteiger partial charge in [0.25, 0.3) is 0 Å². The molecule has 0 radical (unpaired) electrons. The van der Waals surface area contributed by atoms with E-state index in [1.807, 2.05) is 60.7 Å². The van der Waals surface area contributed by atoms with Crippen LogP contribution in [0.5, 0.6) is 0 Å². The SMILES string of the molecule is CC=C(C(=O)O)C(=CCC)C(=O)O.c1ccc(Nc2ccccc2)cc1. The van der Waals surface area contributed by atoms with E-state index in [9.17, 15) is 9.59 Å². The molecule has 5 nitrogen and oxygen atoms in total. The minimum Gasteiger partial charge on any atom is -0.478 e. The highest BCUT2D eigenvalue weighted by atomic mass is 16.4. The summed E-state index contributed by atoms with van der Waals surface area (Å²) in [5.74, 6) is -2.43. The standard InChI is InChI=1S/C12H11N.C9H12O4/c1-3-7-11(8-4-1)13-12-9-5-2-6-10-12;1-3-5-7(9(12)13)6(4-2)8(10)11/h1-10,13H;4-5H,3H2,1-2H3,(H,10,11)(H,12,13). The fraction of sp³-hybridized carbons (Fsp3) is 0.143. The summed E-state index contributed by atoms with van der Waals surface area (Å²) in [6, 6.07) is 20.3. The molecule has 0 aromatic heterocycles. The van der Waals surface area contributed by atoms with Gasteiger partial charge in [-0.25, -0.2) is 9.59 Å². The van der Waals surface area contributed by atoms with E-state index in [2.05, 4.69) is 5.32 Å². The average molecular weight is 353 g/mol. The minimum absolute atomic E-state index is 0.155. The molecule has 0 saturated carbocycles. The van der Waals surface area contributed by atoms with Crippen molar-refractivity contribution in [3.05, 3.63) is 84.0 Å². The Balaban J connectivity index is 0.000000260. The lowest BCUT2D eigenvalue weighted by molar-refractivity contribution is -0.136. The Hall–Kier alpha value is -3.34. The van der Waals surface area contributed by atoms with Crippen LogP contribution >= 0.6 is 0 Å². The van der Waals surface area contributed by atoms with Crippen LogP contribution in [0.1, 0.15) is 20.3 Å². The molecule has 0 unspecified atom stereocenters. The van der Waals surface area contributed by atoms with Crippen LogP contribution in [0.15, 0.2) is 84.0 Å². The lowest BCUT2D eigenvalue weighted by Crippen LogP contribution is -2.11. The van der Waals surface area contributed by atoms with Crippen LogP contribution in [0.2, 0.25) is 0 Å². The topological polar surface area (TPSA) is 86.6 Å². The number of carboxylic acid groups (broad SMARTS) is 2. The van der Waals surface area contributed by atoms with E-state index in [0.29, 0.717) is 6.42 Å². The van der Waals surface area contributed by atoms with Gasteiger partial charge < -0.3 is 15.5 Å². The van der Waals surface area contributed by atoms with Crippen molar-refractivity contribution >= 4 is 23.3 Å². The van der Waals surface area contributed by atoms with Crippen molar-refractivity contribution in [3.8, 4) is 0 Å². The number of nitrogens with one attached hydrogen (secondary N) is 1. The van der Waals surface area contributed by atoms with E-state index in [1.165, 1.54) is 19.1 Å². The molecule has 0 saturated heterocycles. The quantitative estimate of drug-likeness (QED) is 0.509. The van der Waals surface area contributed by atoms with Crippen LogP contribution in [-0.2, 0) is 9.59 Å². The molecular weight excluding hydrogens is 330 g/mol. The number of hydrogen-bond donors (Lipinski definition) is 3. The molecule has 0 aliphatic carbocycles. The van der Waals surface area contributed by atoms with Crippen molar-refractivity contribution in [2.45, 2.75) is 20.3 Å². The first-order valence-corrected chi connectivity index (χ1v) is 8.20. The normalized spacial score (nSPS) is 11.2. The highest BCUT2D eigenvalue weighted by Crippen LogP contribution is 2.14. The zero-order valence-electron chi connectivity index (χ0n) is 14.8. The number of aliphatic carboxylic acids is 2. The Kier molecular flexibility index (Phi) is 8.96. The summed E-state index contributed by atoms with van der Waals surface area (Å²) in [6.45, 7) is 3.24. The van der Waals surface area contributed by atoms with Crippen molar-refractivity contribution < 1.29 is 19.8 Å². The third kappa shape index (κ3) is 7.05. The summed E-state index contributed by atoms with van der Waals surface area (Å²) in [6.07, 6.45) is 3.15. The van der Waals surface area contributed by atoms with Gasteiger partial charge in [-0.05, 0) is 37.6 Å². The number of carboxylic acids is 2. The van der Waals surface area contributed by atoms with Crippen LogP contribution in [0.4, 0.5) is 11.4 Å². The fourth-order valence-corrected chi connectivity index (χ4v) is 2.12. The minimum atomic E-state index is -1.22. The van der Waals surface area contributed by atoms with Crippen molar-refractivity contribution in [3.63, 3.8) is 0 Å². The Morgan fingerprint density at radius 3 is 1.58 bits per heavy atom. The van der Waals surface area contributed by atoms with E-state index in [-0.39, 0.29) is 11.1 Å². The average Bonchev–Trinajstić information content (AvgIpc) is 2.63. The second-order valence-electron chi connectivity index (χ2n) is 5.20. The van der Waals surface area contributed by atoms with E-state index in [4.69, 9.17) is 10.2 Å². The number of para-hydroxylation sites is 2. The molecule has 0 amide bonds. The van der Waals surface area contributed by atoms with E-state index in [1.54, 1.807) is 6.92 Å². The first kappa shape index (κ1) is 20.7. The summed E-state index contributed by atoms with van der Waals surface area (Å²) in [5, 5.41) is 20.6. The summed E-state index contributed by atoms with van der Waals surface area (Å²) < 4.78 is 0. The second-order valence-corrected chi connectivity index (χ2v) is 5.20. The summed E-state index contributed by atoms with van der Waals surface area (Å²) in [4.78, 5) is 21.2. The lowest BCUT2D eigenvalue weighted by Gasteiger charge is -2.04. The Labute approximate surface area is 153 Å². The molecule has 26 heavy (non-hydrogen) atoms. The van der Waals surface area contributed by atoms with Crippen LogP contribution in [0.25, 0.3) is 0 Å². The molecule has 0 aliphatic heterocycles. The highest BCUT2D eigenvalue weighted by molar-refractivity contribution is 6.05. The molecule has 2 aromatic rings. The highest BCUT2D eigenvalue weighted by Gasteiger charge is 2.17. The predicted octanol–water partition coefficient (Wildman–Crippen LogP) is 4.87. The number of carbonyl (C=O) groups is 2. The van der Waals surface area contributed by atoms with E-state index in [0.717, 1.165) is 11.4 Å². The van der Waals surface area contributed by atoms with Crippen molar-refractivity contribution in [2.24, 2.45) is 0 Å².